The van der Waals surface area contributed by atoms with Gasteiger partial charge in [-0.05, 0) is 34.5 Å². The fourth-order valence-electron chi connectivity index (χ4n) is 1.44. The van der Waals surface area contributed by atoms with Gasteiger partial charge in [0.15, 0.2) is 5.82 Å². The van der Waals surface area contributed by atoms with Gasteiger partial charge in [-0.25, -0.2) is 15.8 Å². The standard InChI is InChI=1S/C11H10BrN5O3/c1-6-2-3-7(17(18)19)4-8(6)20-11-9(12)10(16-13)14-5-15-11/h2-5H,13H2,1H3,(H,14,15,16). The van der Waals surface area contributed by atoms with E-state index in [9.17, 15) is 10.1 Å². The van der Waals surface area contributed by atoms with E-state index >= 15 is 0 Å². The van der Waals surface area contributed by atoms with Crippen molar-refractivity contribution in [1.82, 2.24) is 9.97 Å². The third-order valence-electron chi connectivity index (χ3n) is 2.48. The Bertz CT molecular complexity index is 665. The van der Waals surface area contributed by atoms with Crippen LogP contribution in [0.4, 0.5) is 11.5 Å². The topological polar surface area (TPSA) is 116 Å². The summed E-state index contributed by atoms with van der Waals surface area (Å²) in [6.45, 7) is 1.77. The largest absolute Gasteiger partial charge is 0.437 e. The molecule has 104 valence electrons. The van der Waals surface area contributed by atoms with Gasteiger partial charge in [-0.2, -0.15) is 0 Å². The van der Waals surface area contributed by atoms with Gasteiger partial charge in [0.1, 0.15) is 16.5 Å². The lowest BCUT2D eigenvalue weighted by atomic mass is 10.2. The van der Waals surface area contributed by atoms with Crippen molar-refractivity contribution in [2.75, 3.05) is 5.43 Å². The molecule has 1 heterocycles. The minimum atomic E-state index is -0.492. The van der Waals surface area contributed by atoms with Gasteiger partial charge in [0.05, 0.1) is 11.0 Å². The highest BCUT2D eigenvalue weighted by molar-refractivity contribution is 9.10. The maximum Gasteiger partial charge on any atom is 0.273 e. The summed E-state index contributed by atoms with van der Waals surface area (Å²) in [6.07, 6.45) is 1.27. The Kier molecular flexibility index (Phi) is 4.11. The van der Waals surface area contributed by atoms with Crippen LogP contribution in [0.5, 0.6) is 11.6 Å². The molecule has 0 aliphatic rings. The first-order valence-electron chi connectivity index (χ1n) is 5.43. The Morgan fingerprint density at radius 3 is 2.85 bits per heavy atom. The number of nitrogen functional groups attached to an aromatic ring is 1. The van der Waals surface area contributed by atoms with E-state index in [1.165, 1.54) is 18.5 Å². The number of benzene rings is 1. The molecule has 2 rings (SSSR count). The van der Waals surface area contributed by atoms with E-state index in [0.717, 1.165) is 5.56 Å². The number of anilines is 1. The van der Waals surface area contributed by atoms with E-state index in [0.29, 0.717) is 16.0 Å². The Labute approximate surface area is 122 Å². The third kappa shape index (κ3) is 2.83. The molecule has 20 heavy (non-hydrogen) atoms. The van der Waals surface area contributed by atoms with Crippen LogP contribution in [0.25, 0.3) is 0 Å². The number of halogens is 1. The van der Waals surface area contributed by atoms with E-state index < -0.39 is 4.92 Å². The lowest BCUT2D eigenvalue weighted by Gasteiger charge is -2.10. The Balaban J connectivity index is 2.39. The first kappa shape index (κ1) is 14.2. The van der Waals surface area contributed by atoms with Crippen LogP contribution in [0.1, 0.15) is 5.56 Å². The van der Waals surface area contributed by atoms with Crippen LogP contribution in [0, 0.1) is 17.0 Å². The smallest absolute Gasteiger partial charge is 0.273 e. The number of nitrogens with two attached hydrogens (primary N) is 1. The monoisotopic (exact) mass is 339 g/mol. The molecular weight excluding hydrogens is 330 g/mol. The maximum atomic E-state index is 10.8. The number of ether oxygens (including phenoxy) is 1. The predicted octanol–water partition coefficient (Wildman–Crippen LogP) is 2.53. The van der Waals surface area contributed by atoms with Gasteiger partial charge in [-0.3, -0.25) is 10.1 Å². The molecule has 0 unspecified atom stereocenters. The van der Waals surface area contributed by atoms with Crippen LogP contribution in [-0.4, -0.2) is 14.9 Å². The van der Waals surface area contributed by atoms with Crippen molar-refractivity contribution in [2.24, 2.45) is 5.84 Å². The number of hydrazine groups is 1. The van der Waals surface area contributed by atoms with Crippen LogP contribution in [-0.2, 0) is 0 Å². The van der Waals surface area contributed by atoms with E-state index in [1.54, 1.807) is 13.0 Å². The molecule has 0 atom stereocenters. The fourth-order valence-corrected chi connectivity index (χ4v) is 1.84. The summed E-state index contributed by atoms with van der Waals surface area (Å²) >= 11 is 3.24. The zero-order valence-corrected chi connectivity index (χ0v) is 11.9. The molecule has 0 fully saturated rings. The summed E-state index contributed by atoms with van der Waals surface area (Å²) < 4.78 is 6.00. The molecule has 1 aromatic heterocycles. The van der Waals surface area contributed by atoms with Crippen LogP contribution >= 0.6 is 15.9 Å². The zero-order valence-electron chi connectivity index (χ0n) is 10.3. The molecule has 0 aliphatic carbocycles. The molecule has 9 heteroatoms. The Hall–Kier alpha value is -2.26. The summed E-state index contributed by atoms with van der Waals surface area (Å²) in [7, 11) is 0. The van der Waals surface area contributed by atoms with Gasteiger partial charge >= 0.3 is 0 Å². The van der Waals surface area contributed by atoms with Gasteiger partial charge in [0.2, 0.25) is 5.88 Å². The Morgan fingerprint density at radius 2 is 2.20 bits per heavy atom. The van der Waals surface area contributed by atoms with E-state index in [1.807, 2.05) is 0 Å². The molecule has 0 saturated carbocycles. The highest BCUT2D eigenvalue weighted by atomic mass is 79.9. The van der Waals surface area contributed by atoms with Crippen molar-refractivity contribution in [3.63, 3.8) is 0 Å². The van der Waals surface area contributed by atoms with Crippen molar-refractivity contribution >= 4 is 27.4 Å². The maximum absolute atomic E-state index is 10.8. The second kappa shape index (κ2) is 5.80. The highest BCUT2D eigenvalue weighted by Crippen LogP contribution is 2.34. The second-order valence-electron chi connectivity index (χ2n) is 3.79. The third-order valence-corrected chi connectivity index (χ3v) is 3.20. The summed E-state index contributed by atoms with van der Waals surface area (Å²) in [6, 6.07) is 4.34. The number of aromatic nitrogens is 2. The molecule has 1 aromatic carbocycles. The summed E-state index contributed by atoms with van der Waals surface area (Å²) in [4.78, 5) is 18.1. The van der Waals surface area contributed by atoms with Gasteiger partial charge in [0.25, 0.3) is 5.69 Å². The molecule has 0 saturated heterocycles. The van der Waals surface area contributed by atoms with E-state index in [4.69, 9.17) is 10.6 Å². The number of aryl methyl sites for hydroxylation is 1. The number of nitro groups is 1. The molecule has 0 aliphatic heterocycles. The number of nitro benzene ring substituents is 1. The van der Waals surface area contributed by atoms with Gasteiger partial charge in [-0.1, -0.05) is 0 Å². The minimum Gasteiger partial charge on any atom is -0.437 e. The average molecular weight is 340 g/mol. The minimum absolute atomic E-state index is 0.0621. The molecule has 0 amide bonds. The van der Waals surface area contributed by atoms with Crippen molar-refractivity contribution in [3.8, 4) is 11.6 Å². The number of rotatable bonds is 4. The fraction of sp³-hybridized carbons (Fsp3) is 0.0909. The molecule has 8 nitrogen and oxygen atoms in total. The molecule has 0 radical (unpaired) electrons. The van der Waals surface area contributed by atoms with Gasteiger partial charge < -0.3 is 10.2 Å². The molecule has 0 spiro atoms. The average Bonchev–Trinajstić information content (AvgIpc) is 2.43. The first-order chi connectivity index (χ1) is 9.52. The van der Waals surface area contributed by atoms with Crippen LogP contribution in [0.2, 0.25) is 0 Å². The second-order valence-corrected chi connectivity index (χ2v) is 4.59. The van der Waals surface area contributed by atoms with Crippen LogP contribution in [0.3, 0.4) is 0 Å². The summed E-state index contributed by atoms with van der Waals surface area (Å²) in [5.74, 6) is 6.18. The van der Waals surface area contributed by atoms with E-state index in [2.05, 4.69) is 31.3 Å². The predicted molar refractivity (Wildman–Crippen MR) is 75.4 cm³/mol. The Morgan fingerprint density at radius 1 is 1.45 bits per heavy atom. The van der Waals surface area contributed by atoms with Crippen molar-refractivity contribution < 1.29 is 9.66 Å². The number of nitrogens with one attached hydrogen (secondary N) is 1. The zero-order chi connectivity index (χ0) is 14.7. The molecular formula is C11H10BrN5O3. The lowest BCUT2D eigenvalue weighted by Crippen LogP contribution is -2.10. The molecule has 2 aromatic rings. The number of nitrogens with zero attached hydrogens (tertiary/aromatic N) is 3. The molecule has 0 bridgehead atoms. The van der Waals surface area contributed by atoms with Gasteiger partial charge in [-0.15, -0.1) is 0 Å². The SMILES string of the molecule is Cc1ccc([N+](=O)[O-])cc1Oc1ncnc(NN)c1Br. The van der Waals surface area contributed by atoms with Crippen LogP contribution in [0.15, 0.2) is 29.0 Å². The molecule has 3 N–H and O–H groups in total. The number of hydrogen-bond acceptors (Lipinski definition) is 7. The highest BCUT2D eigenvalue weighted by Gasteiger charge is 2.14. The summed E-state index contributed by atoms with van der Waals surface area (Å²) in [5.41, 5.74) is 3.06. The normalized spacial score (nSPS) is 10.2. The quantitative estimate of drug-likeness (QED) is 0.499. The number of hydrogen-bond donors (Lipinski definition) is 2. The number of non-ortho nitro benzene ring substituents is 1. The van der Waals surface area contributed by atoms with Crippen LogP contribution < -0.4 is 16.0 Å². The first-order valence-corrected chi connectivity index (χ1v) is 6.22. The van der Waals surface area contributed by atoms with Crippen molar-refractivity contribution in [2.45, 2.75) is 6.92 Å². The van der Waals surface area contributed by atoms with Crippen molar-refractivity contribution in [3.05, 3.63) is 44.7 Å². The van der Waals surface area contributed by atoms with Crippen molar-refractivity contribution in [1.29, 1.82) is 0 Å². The lowest BCUT2D eigenvalue weighted by molar-refractivity contribution is -0.384. The summed E-state index contributed by atoms with van der Waals surface area (Å²) in [5, 5.41) is 10.8. The van der Waals surface area contributed by atoms with Gasteiger partial charge in [0, 0.05) is 6.07 Å². The van der Waals surface area contributed by atoms with E-state index in [-0.39, 0.29) is 11.6 Å².